The molecule has 0 N–H and O–H groups in total. The van der Waals surface area contributed by atoms with E-state index in [1.54, 1.807) is 0 Å². The number of hydrogen-bond donors (Lipinski definition) is 0. The third kappa shape index (κ3) is 4.22. The zero-order valence-corrected chi connectivity index (χ0v) is 14.8. The van der Waals surface area contributed by atoms with E-state index in [0.29, 0.717) is 11.3 Å². The molecular formula is C22H30. The fraction of sp³-hybridized carbons (Fsp3) is 0.455. The molecule has 0 bridgehead atoms. The molecule has 1 atom stereocenters. The Labute approximate surface area is 136 Å². The van der Waals surface area contributed by atoms with Gasteiger partial charge in [-0.15, -0.1) is 0 Å². The summed E-state index contributed by atoms with van der Waals surface area (Å²) < 4.78 is 0. The van der Waals surface area contributed by atoms with Crippen molar-refractivity contribution in [3.05, 3.63) is 70.8 Å². The topological polar surface area (TPSA) is 0 Å². The Morgan fingerprint density at radius 3 is 2.45 bits per heavy atom. The van der Waals surface area contributed by atoms with Gasteiger partial charge in [-0.2, -0.15) is 0 Å². The molecule has 0 amide bonds. The molecule has 0 fully saturated rings. The van der Waals surface area contributed by atoms with Gasteiger partial charge in [0.25, 0.3) is 0 Å². The molecule has 0 radical (unpaired) electrons. The lowest BCUT2D eigenvalue weighted by Crippen LogP contribution is -2.26. The second-order valence-corrected chi connectivity index (χ2v) is 7.38. The van der Waals surface area contributed by atoms with Gasteiger partial charge >= 0.3 is 0 Å². The fourth-order valence-corrected chi connectivity index (χ4v) is 3.36. The maximum atomic E-state index is 2.49. The minimum absolute atomic E-state index is 0.375. The normalized spacial score (nSPS) is 22.4. The SMILES string of the molecule is CC1=CCCC(C)(C)C1/C=C(C)/C(C)=C\Cc1ccccc1. The molecule has 0 saturated heterocycles. The van der Waals surface area contributed by atoms with E-state index in [1.807, 2.05) is 0 Å². The number of benzene rings is 1. The van der Waals surface area contributed by atoms with E-state index in [4.69, 9.17) is 0 Å². The van der Waals surface area contributed by atoms with Gasteiger partial charge in [-0.3, -0.25) is 0 Å². The number of hydrogen-bond acceptors (Lipinski definition) is 0. The van der Waals surface area contributed by atoms with Crippen LogP contribution < -0.4 is 0 Å². The highest BCUT2D eigenvalue weighted by Crippen LogP contribution is 2.42. The molecule has 1 aromatic rings. The van der Waals surface area contributed by atoms with Gasteiger partial charge in [0.2, 0.25) is 0 Å². The minimum atomic E-state index is 0.375. The number of rotatable bonds is 4. The molecule has 0 saturated carbocycles. The molecule has 1 aromatic carbocycles. The molecule has 0 nitrogen and oxygen atoms in total. The monoisotopic (exact) mass is 294 g/mol. The second kappa shape index (κ2) is 7.13. The van der Waals surface area contributed by atoms with E-state index in [9.17, 15) is 0 Å². The van der Waals surface area contributed by atoms with Crippen LogP contribution in [0.4, 0.5) is 0 Å². The van der Waals surface area contributed by atoms with Gasteiger partial charge in [-0.1, -0.05) is 79.1 Å². The second-order valence-electron chi connectivity index (χ2n) is 7.38. The van der Waals surface area contributed by atoms with Crippen molar-refractivity contribution in [2.24, 2.45) is 11.3 Å². The van der Waals surface area contributed by atoms with E-state index in [2.05, 4.69) is 83.2 Å². The fourth-order valence-electron chi connectivity index (χ4n) is 3.36. The minimum Gasteiger partial charge on any atom is -0.0850 e. The molecule has 0 heteroatoms. The Morgan fingerprint density at radius 2 is 1.82 bits per heavy atom. The molecule has 0 aliphatic heterocycles. The standard InChI is InChI=1S/C22H30/c1-17(13-14-20-11-7-6-8-12-20)19(3)16-21-18(2)10-9-15-22(21,4)5/h6-8,10-13,16,21H,9,14-15H2,1-5H3/b17-13-,19-16+. The van der Waals surface area contributed by atoms with Crippen molar-refractivity contribution in [1.29, 1.82) is 0 Å². The molecule has 1 unspecified atom stereocenters. The first-order chi connectivity index (χ1) is 10.4. The summed E-state index contributed by atoms with van der Waals surface area (Å²) in [5.74, 6) is 0.571. The lowest BCUT2D eigenvalue weighted by atomic mass is 9.68. The zero-order chi connectivity index (χ0) is 16.2. The van der Waals surface area contributed by atoms with E-state index in [1.165, 1.54) is 35.1 Å². The smallest absolute Gasteiger partial charge is 0.00311 e. The van der Waals surface area contributed by atoms with Crippen LogP contribution in [0.1, 0.15) is 53.0 Å². The maximum Gasteiger partial charge on any atom is 0.00311 e. The molecule has 2 rings (SSSR count). The van der Waals surface area contributed by atoms with Gasteiger partial charge in [0.05, 0.1) is 0 Å². The highest BCUT2D eigenvalue weighted by atomic mass is 14.4. The van der Waals surface area contributed by atoms with Crippen molar-refractivity contribution >= 4 is 0 Å². The van der Waals surface area contributed by atoms with Crippen LogP contribution in [0.2, 0.25) is 0 Å². The van der Waals surface area contributed by atoms with Gasteiger partial charge < -0.3 is 0 Å². The first-order valence-electron chi connectivity index (χ1n) is 8.46. The third-order valence-electron chi connectivity index (χ3n) is 5.11. The summed E-state index contributed by atoms with van der Waals surface area (Å²) in [5.41, 5.74) is 6.11. The lowest BCUT2D eigenvalue weighted by Gasteiger charge is -2.37. The summed E-state index contributed by atoms with van der Waals surface area (Å²) in [6.07, 6.45) is 10.8. The Balaban J connectivity index is 2.13. The van der Waals surface area contributed by atoms with Crippen LogP contribution in [-0.4, -0.2) is 0 Å². The summed E-state index contributed by atoms with van der Waals surface area (Å²) >= 11 is 0. The summed E-state index contributed by atoms with van der Waals surface area (Å²) in [4.78, 5) is 0. The van der Waals surface area contributed by atoms with Gasteiger partial charge in [-0.25, -0.2) is 0 Å². The van der Waals surface area contributed by atoms with E-state index in [-0.39, 0.29) is 0 Å². The highest BCUT2D eigenvalue weighted by molar-refractivity contribution is 5.33. The van der Waals surface area contributed by atoms with Crippen LogP contribution in [0.25, 0.3) is 0 Å². The van der Waals surface area contributed by atoms with E-state index >= 15 is 0 Å². The number of allylic oxidation sites excluding steroid dienone is 6. The van der Waals surface area contributed by atoms with E-state index in [0.717, 1.165) is 6.42 Å². The van der Waals surface area contributed by atoms with Crippen LogP contribution in [0.5, 0.6) is 0 Å². The Hall–Kier alpha value is -1.56. The molecule has 1 aliphatic rings. The highest BCUT2D eigenvalue weighted by Gasteiger charge is 2.31. The maximum absolute atomic E-state index is 2.49. The van der Waals surface area contributed by atoms with Gasteiger partial charge in [0.1, 0.15) is 0 Å². The zero-order valence-electron chi connectivity index (χ0n) is 14.8. The van der Waals surface area contributed by atoms with Crippen molar-refractivity contribution in [2.75, 3.05) is 0 Å². The van der Waals surface area contributed by atoms with Crippen LogP contribution in [0.15, 0.2) is 65.3 Å². The summed E-state index contributed by atoms with van der Waals surface area (Å²) in [6, 6.07) is 10.7. The van der Waals surface area contributed by atoms with Crippen LogP contribution in [0, 0.1) is 11.3 Å². The van der Waals surface area contributed by atoms with Crippen molar-refractivity contribution in [3.8, 4) is 0 Å². The predicted octanol–water partition coefficient (Wildman–Crippen LogP) is 6.50. The molecular weight excluding hydrogens is 264 g/mol. The first-order valence-corrected chi connectivity index (χ1v) is 8.46. The summed E-state index contributed by atoms with van der Waals surface area (Å²) in [6.45, 7) is 11.6. The summed E-state index contributed by atoms with van der Waals surface area (Å²) in [7, 11) is 0. The van der Waals surface area contributed by atoms with Crippen molar-refractivity contribution in [2.45, 2.75) is 53.9 Å². The summed E-state index contributed by atoms with van der Waals surface area (Å²) in [5, 5.41) is 0. The third-order valence-corrected chi connectivity index (χ3v) is 5.11. The molecule has 1 aliphatic carbocycles. The lowest BCUT2D eigenvalue weighted by molar-refractivity contribution is 0.255. The van der Waals surface area contributed by atoms with Crippen LogP contribution >= 0.6 is 0 Å². The predicted molar refractivity (Wildman–Crippen MR) is 97.9 cm³/mol. The molecule has 0 aromatic heterocycles. The van der Waals surface area contributed by atoms with Crippen molar-refractivity contribution in [1.82, 2.24) is 0 Å². The Morgan fingerprint density at radius 1 is 1.14 bits per heavy atom. The van der Waals surface area contributed by atoms with Crippen LogP contribution in [-0.2, 0) is 6.42 Å². The average molecular weight is 294 g/mol. The molecule has 0 heterocycles. The van der Waals surface area contributed by atoms with Crippen LogP contribution in [0.3, 0.4) is 0 Å². The molecule has 22 heavy (non-hydrogen) atoms. The Kier molecular flexibility index (Phi) is 5.45. The average Bonchev–Trinajstić information content (AvgIpc) is 2.49. The van der Waals surface area contributed by atoms with Crippen molar-refractivity contribution in [3.63, 3.8) is 0 Å². The molecule has 118 valence electrons. The van der Waals surface area contributed by atoms with Gasteiger partial charge in [0, 0.05) is 5.92 Å². The quantitative estimate of drug-likeness (QED) is 0.439. The van der Waals surface area contributed by atoms with Gasteiger partial charge in [0.15, 0.2) is 0 Å². The van der Waals surface area contributed by atoms with Crippen molar-refractivity contribution < 1.29 is 0 Å². The molecule has 0 spiro atoms. The first kappa shape index (κ1) is 16.8. The Bertz CT molecular complexity index is 582. The van der Waals surface area contributed by atoms with E-state index < -0.39 is 0 Å². The largest absolute Gasteiger partial charge is 0.0850 e. The van der Waals surface area contributed by atoms with Gasteiger partial charge in [-0.05, 0) is 51.0 Å².